The molecule has 0 saturated heterocycles. The smallest absolute Gasteiger partial charge is 0.0713 e. The maximum Gasteiger partial charge on any atom is 0.0713 e. The van der Waals surface area contributed by atoms with Crippen molar-refractivity contribution in [3.05, 3.63) is 530 Å². The van der Waals surface area contributed by atoms with Crippen molar-refractivity contribution in [2.75, 3.05) is 9.80 Å². The van der Waals surface area contributed by atoms with E-state index < -0.39 is 10.8 Å². The van der Waals surface area contributed by atoms with Gasteiger partial charge in [0.2, 0.25) is 0 Å². The van der Waals surface area contributed by atoms with Gasteiger partial charge in [0.05, 0.1) is 32.9 Å². The first-order valence-corrected chi connectivity index (χ1v) is 43.7. The molecule has 26 rings (SSSR count). The van der Waals surface area contributed by atoms with Gasteiger partial charge in [0.15, 0.2) is 0 Å². The van der Waals surface area contributed by atoms with E-state index in [0.717, 1.165) is 45.5 Å². The average Bonchev–Trinajstić information content (AvgIpc) is 1.55. The van der Waals surface area contributed by atoms with Crippen LogP contribution < -0.4 is 9.80 Å². The Kier molecular flexibility index (Phi) is 16.8. The molecule has 0 fully saturated rings. The number of nitrogens with zero attached hydrogens (tertiary/aromatic N) is 4. The van der Waals surface area contributed by atoms with Crippen molar-refractivity contribution in [3.8, 4) is 33.6 Å². The van der Waals surface area contributed by atoms with Crippen LogP contribution in [0.25, 0.3) is 142 Å². The van der Waals surface area contributed by atoms with Gasteiger partial charge >= 0.3 is 0 Å². The Morgan fingerprint density at radius 2 is 0.381 bits per heavy atom. The second kappa shape index (κ2) is 29.2. The lowest BCUT2D eigenvalue weighted by Gasteiger charge is -2.34. The van der Waals surface area contributed by atoms with E-state index in [1.165, 1.54) is 175 Å². The molecular formula is C122H80N4. The predicted octanol–water partition coefficient (Wildman–Crippen LogP) is 32.2. The molecule has 4 heteroatoms. The summed E-state index contributed by atoms with van der Waals surface area (Å²) in [5, 5.41) is 20.2. The molecule has 588 valence electrons. The molecule has 0 N–H and O–H groups in total. The van der Waals surface area contributed by atoms with Crippen LogP contribution in [0.5, 0.6) is 0 Å². The largest absolute Gasteiger partial charge is 0.310 e. The molecule has 2 aromatic heterocycles. The molecular weight excluding hydrogens is 1520 g/mol. The monoisotopic (exact) mass is 1600 g/mol. The van der Waals surface area contributed by atoms with Gasteiger partial charge in [0.1, 0.15) is 0 Å². The van der Waals surface area contributed by atoms with Crippen LogP contribution in [-0.2, 0) is 10.8 Å². The van der Waals surface area contributed by atoms with Crippen LogP contribution in [0, 0.1) is 0 Å². The van der Waals surface area contributed by atoms with E-state index in [2.05, 4.69) is 504 Å². The number of hydrogen-bond acceptors (Lipinski definition) is 2. The SMILES string of the molecule is c1ccc(C2(c3ccc(N(c4ccc(-n5c6ccccc6c6ccccc65)cc4)c4ccc5c6ccccc6c6ccccc6c5c4)cc3)c3ccccc3-c3ccccc32)cc1.c1ccc(C2(c3ccc(N(c4cccc(-n5c6ccccc6c6ccccc65)c4)c4ccc5c6ccccc6c6ccccc6c5c4)cc3)c3ccccc3-c3ccccc32)cc1. The molecule has 0 saturated carbocycles. The topological polar surface area (TPSA) is 16.3 Å². The Hall–Kier alpha value is -16.4. The summed E-state index contributed by atoms with van der Waals surface area (Å²) in [5.74, 6) is 0. The fourth-order valence-electron chi connectivity index (χ4n) is 22.0. The first-order valence-electron chi connectivity index (χ1n) is 43.7. The van der Waals surface area contributed by atoms with E-state index in [1.54, 1.807) is 0 Å². The molecule has 0 atom stereocenters. The van der Waals surface area contributed by atoms with Crippen LogP contribution in [0.2, 0.25) is 0 Å². The first kappa shape index (κ1) is 72.4. The average molecular weight is 1600 g/mol. The van der Waals surface area contributed by atoms with Crippen molar-refractivity contribution in [2.45, 2.75) is 10.8 Å². The van der Waals surface area contributed by atoms with Gasteiger partial charge in [-0.25, -0.2) is 0 Å². The summed E-state index contributed by atoms with van der Waals surface area (Å²) in [4.78, 5) is 4.87. The highest BCUT2D eigenvalue weighted by Crippen LogP contribution is 2.59. The third kappa shape index (κ3) is 11.0. The van der Waals surface area contributed by atoms with Crippen molar-refractivity contribution in [1.29, 1.82) is 0 Å². The highest BCUT2D eigenvalue weighted by atomic mass is 15.2. The van der Waals surface area contributed by atoms with Gasteiger partial charge in [-0.3, -0.25) is 0 Å². The molecule has 0 amide bonds. The molecule has 0 radical (unpaired) electrons. The minimum atomic E-state index is -0.475. The van der Waals surface area contributed by atoms with Crippen LogP contribution in [0.4, 0.5) is 34.1 Å². The molecule has 22 aromatic carbocycles. The van der Waals surface area contributed by atoms with Gasteiger partial charge in [-0.15, -0.1) is 0 Å². The fourth-order valence-corrected chi connectivity index (χ4v) is 22.0. The van der Waals surface area contributed by atoms with E-state index in [0.29, 0.717) is 0 Å². The van der Waals surface area contributed by atoms with Crippen LogP contribution >= 0.6 is 0 Å². The number of hydrogen-bond donors (Lipinski definition) is 0. The van der Waals surface area contributed by atoms with E-state index in [-0.39, 0.29) is 0 Å². The zero-order valence-electron chi connectivity index (χ0n) is 69.0. The highest BCUT2D eigenvalue weighted by molar-refractivity contribution is 6.27. The third-order valence-corrected chi connectivity index (χ3v) is 27.3. The Morgan fingerprint density at radius 1 is 0.143 bits per heavy atom. The number of rotatable bonds is 12. The minimum Gasteiger partial charge on any atom is -0.310 e. The predicted molar refractivity (Wildman–Crippen MR) is 531 cm³/mol. The van der Waals surface area contributed by atoms with E-state index in [1.807, 2.05) is 0 Å². The molecule has 4 nitrogen and oxygen atoms in total. The summed E-state index contributed by atoms with van der Waals surface area (Å²) in [7, 11) is 0. The molecule has 2 heterocycles. The highest BCUT2D eigenvalue weighted by Gasteiger charge is 2.48. The molecule has 0 spiro atoms. The molecule has 0 aliphatic heterocycles. The van der Waals surface area contributed by atoms with Crippen molar-refractivity contribution in [1.82, 2.24) is 9.13 Å². The zero-order valence-corrected chi connectivity index (χ0v) is 69.0. The summed E-state index contributed by atoms with van der Waals surface area (Å²) in [6.07, 6.45) is 0. The Balaban J connectivity index is 0.000000137. The Bertz CT molecular complexity index is 8200. The molecule has 2 aliphatic rings. The van der Waals surface area contributed by atoms with E-state index in [9.17, 15) is 0 Å². The van der Waals surface area contributed by atoms with Crippen LogP contribution in [-0.4, -0.2) is 9.13 Å². The van der Waals surface area contributed by atoms with Crippen molar-refractivity contribution >= 4 is 142 Å². The lowest BCUT2D eigenvalue weighted by molar-refractivity contribution is 0.768. The minimum absolute atomic E-state index is 0.468. The summed E-state index contributed by atoms with van der Waals surface area (Å²) < 4.78 is 4.80. The number of aromatic nitrogens is 2. The zero-order chi connectivity index (χ0) is 83.0. The summed E-state index contributed by atoms with van der Waals surface area (Å²) in [6.45, 7) is 0. The van der Waals surface area contributed by atoms with Gasteiger partial charge in [-0.1, -0.05) is 370 Å². The fraction of sp³-hybridized carbons (Fsp3) is 0.0164. The Morgan fingerprint density at radius 3 is 0.722 bits per heavy atom. The number of fused-ring (bicyclic) bond motifs is 24. The molecule has 2 aliphatic carbocycles. The van der Waals surface area contributed by atoms with Crippen molar-refractivity contribution in [2.24, 2.45) is 0 Å². The van der Waals surface area contributed by atoms with Gasteiger partial charge in [0.25, 0.3) is 0 Å². The van der Waals surface area contributed by atoms with Gasteiger partial charge in [-0.2, -0.15) is 0 Å². The summed E-state index contributed by atoms with van der Waals surface area (Å²) in [6, 6.07) is 179. The standard InChI is InChI=1S/2C61H40N2/c1-2-17-41(18-3-1)61(57-29-12-8-25-52(57)53-26-9-13-30-58(53)61)42-33-35-43(36-34-42)62(46-37-38-51-49-23-5-4-21-47(49)48-22-6-7-24-50(48)56(51)40-46)44-19-16-20-45(39-44)63-59-31-14-10-27-54(59)55-28-11-15-32-60(55)63;1-2-16-41(17-3-1)61(57-26-12-8-22-52(57)53-23-9-13-27-58(53)61)42-30-32-43(33-31-42)62(46-38-39-51-49-20-5-4-18-47(49)48-19-6-7-21-50(48)56(51)40-46)44-34-36-45(37-35-44)63-59-28-14-10-24-54(59)55-25-11-15-29-60(55)63/h2*1-40H. The van der Waals surface area contributed by atoms with Crippen LogP contribution in [0.1, 0.15) is 44.5 Å². The van der Waals surface area contributed by atoms with Gasteiger partial charge < -0.3 is 18.9 Å². The number of benzene rings is 22. The summed E-state index contributed by atoms with van der Waals surface area (Å²) >= 11 is 0. The van der Waals surface area contributed by atoms with Crippen molar-refractivity contribution < 1.29 is 0 Å². The van der Waals surface area contributed by atoms with E-state index >= 15 is 0 Å². The molecule has 0 unspecified atom stereocenters. The van der Waals surface area contributed by atoms with Crippen LogP contribution in [0.3, 0.4) is 0 Å². The normalized spacial score (nSPS) is 12.9. The maximum atomic E-state index is 2.44. The number of anilines is 6. The third-order valence-electron chi connectivity index (χ3n) is 27.3. The van der Waals surface area contributed by atoms with Gasteiger partial charge in [0, 0.05) is 67.0 Å². The van der Waals surface area contributed by atoms with E-state index in [4.69, 9.17) is 0 Å². The molecule has 0 bridgehead atoms. The molecule has 24 aromatic rings. The van der Waals surface area contributed by atoms with Gasteiger partial charge in [-0.05, 0) is 247 Å². The van der Waals surface area contributed by atoms with Crippen molar-refractivity contribution in [3.63, 3.8) is 0 Å². The Labute approximate surface area is 730 Å². The van der Waals surface area contributed by atoms with Crippen LogP contribution in [0.15, 0.2) is 485 Å². The first-order chi connectivity index (χ1) is 62.5. The second-order valence-electron chi connectivity index (χ2n) is 33.6. The maximum absolute atomic E-state index is 2.44. The molecule has 126 heavy (non-hydrogen) atoms. The lowest BCUT2D eigenvalue weighted by Crippen LogP contribution is -2.28. The lowest BCUT2D eigenvalue weighted by atomic mass is 9.68. The number of para-hydroxylation sites is 4. The quantitative estimate of drug-likeness (QED) is 0.113. The summed E-state index contributed by atoms with van der Waals surface area (Å²) in [5.41, 5.74) is 28.1. The second-order valence-corrected chi connectivity index (χ2v) is 33.6.